The summed E-state index contributed by atoms with van der Waals surface area (Å²) >= 11 is 0. The van der Waals surface area contributed by atoms with Crippen LogP contribution in [0.3, 0.4) is 0 Å². The number of nitrogens with zero attached hydrogens (tertiary/aromatic N) is 2. The molecule has 2 aromatic heterocycles. The third kappa shape index (κ3) is 7.59. The van der Waals surface area contributed by atoms with Crippen molar-refractivity contribution in [2.24, 2.45) is 0 Å². The van der Waals surface area contributed by atoms with Gasteiger partial charge in [0, 0.05) is 55.7 Å². The number of hydrogen-bond acceptors (Lipinski definition) is 4. The van der Waals surface area contributed by atoms with Crippen LogP contribution in [0.4, 0.5) is 34.1 Å². The van der Waals surface area contributed by atoms with E-state index < -0.39 is 10.8 Å². The fourth-order valence-corrected chi connectivity index (χ4v) is 18.3. The maximum Gasteiger partial charge on any atom is 0.136 e. The lowest BCUT2D eigenvalue weighted by atomic mass is 9.70. The molecule has 2 heterocycles. The normalized spacial score (nSPS) is 13.6. The average Bonchev–Trinajstić information content (AvgIpc) is 1.52. The molecule has 0 aliphatic heterocycles. The molecule has 100 heavy (non-hydrogen) atoms. The van der Waals surface area contributed by atoms with E-state index in [-0.39, 0.29) is 0 Å². The highest BCUT2D eigenvalue weighted by molar-refractivity contribution is 6.16. The summed E-state index contributed by atoms with van der Waals surface area (Å²) in [5.74, 6) is 0. The summed E-state index contributed by atoms with van der Waals surface area (Å²) in [6, 6.07) is 130. The molecule has 0 unspecified atom stereocenters. The molecular weight excluding hydrogens is 1210 g/mol. The predicted molar refractivity (Wildman–Crippen MR) is 411 cm³/mol. The fourth-order valence-electron chi connectivity index (χ4n) is 18.3. The van der Waals surface area contributed by atoms with E-state index in [0.29, 0.717) is 0 Å². The van der Waals surface area contributed by atoms with Crippen molar-refractivity contribution in [3.05, 3.63) is 396 Å². The lowest BCUT2D eigenvalue weighted by molar-refractivity contribution is 0.668. The molecule has 16 aromatic carbocycles. The Hall–Kier alpha value is -13.0. The summed E-state index contributed by atoms with van der Waals surface area (Å²) in [5, 5.41) is 6.33. The Kier molecular flexibility index (Phi) is 11.4. The lowest BCUT2D eigenvalue weighted by Gasteiger charge is -2.32. The molecule has 4 aliphatic rings. The molecule has 18 aromatic rings. The first kappa shape index (κ1) is 55.1. The molecule has 0 radical (unpaired) electrons. The van der Waals surface area contributed by atoms with Crippen molar-refractivity contribution in [2.75, 3.05) is 9.80 Å². The Morgan fingerprint density at radius 1 is 0.180 bits per heavy atom. The van der Waals surface area contributed by atoms with E-state index in [2.05, 4.69) is 362 Å². The summed E-state index contributed by atoms with van der Waals surface area (Å²) in [7, 11) is 0. The van der Waals surface area contributed by atoms with Gasteiger partial charge in [-0.25, -0.2) is 0 Å². The molecule has 22 rings (SSSR count). The van der Waals surface area contributed by atoms with Crippen molar-refractivity contribution in [1.82, 2.24) is 0 Å². The predicted octanol–water partition coefficient (Wildman–Crippen LogP) is 25.6. The maximum absolute atomic E-state index is 6.88. The highest BCUT2D eigenvalue weighted by Gasteiger charge is 2.53. The van der Waals surface area contributed by atoms with Crippen molar-refractivity contribution in [3.63, 3.8) is 0 Å². The van der Waals surface area contributed by atoms with Crippen molar-refractivity contribution in [1.29, 1.82) is 0 Å². The molecular formula is C96H58N2O2. The SMILES string of the molecule is c1ccc(-c2ccc(N(c3ccc4c(c3)C3(c5ccccc5-c5ccccc53)c3ccccc3-4)c3ccc4oc5cc6cc7oc8ccc(N(c9ccc(-c%10ccccc%10)cc9)c9ccc%10c(c9)C9(c%11ccccc%11-c%11ccccc%119)c9ccccc9-%10)cc8c7cc6cc5c4c3)cc2)cc1. The van der Waals surface area contributed by atoms with Gasteiger partial charge in [-0.1, -0.05) is 243 Å². The topological polar surface area (TPSA) is 32.8 Å². The number of anilines is 6. The van der Waals surface area contributed by atoms with Gasteiger partial charge in [0.15, 0.2) is 0 Å². The first-order valence-electron chi connectivity index (χ1n) is 34.6. The number of benzene rings is 16. The lowest BCUT2D eigenvalue weighted by Crippen LogP contribution is -2.26. The zero-order valence-electron chi connectivity index (χ0n) is 54.2. The van der Waals surface area contributed by atoms with Crippen LogP contribution in [0.5, 0.6) is 0 Å². The van der Waals surface area contributed by atoms with E-state index in [1.165, 1.54) is 100 Å². The van der Waals surface area contributed by atoms with Gasteiger partial charge in [-0.15, -0.1) is 0 Å². The molecule has 2 spiro atoms. The molecule has 4 aliphatic carbocycles. The van der Waals surface area contributed by atoms with Crippen molar-refractivity contribution in [3.8, 4) is 66.8 Å². The van der Waals surface area contributed by atoms with Crippen molar-refractivity contribution in [2.45, 2.75) is 10.8 Å². The summed E-state index contributed by atoms with van der Waals surface area (Å²) in [6.07, 6.45) is 0. The van der Waals surface area contributed by atoms with Gasteiger partial charge in [-0.2, -0.15) is 0 Å². The fraction of sp³-hybridized carbons (Fsp3) is 0.0208. The molecule has 4 nitrogen and oxygen atoms in total. The van der Waals surface area contributed by atoms with E-state index in [1.807, 2.05) is 0 Å². The van der Waals surface area contributed by atoms with E-state index in [1.54, 1.807) is 0 Å². The van der Waals surface area contributed by atoms with Gasteiger partial charge >= 0.3 is 0 Å². The van der Waals surface area contributed by atoms with Crippen LogP contribution in [0.15, 0.2) is 361 Å². The zero-order chi connectivity index (χ0) is 65.4. The minimum absolute atomic E-state index is 0.498. The van der Waals surface area contributed by atoms with Gasteiger partial charge in [-0.3, -0.25) is 0 Å². The van der Waals surface area contributed by atoms with Gasteiger partial charge in [0.1, 0.15) is 22.3 Å². The van der Waals surface area contributed by atoms with Gasteiger partial charge in [0.05, 0.1) is 10.8 Å². The Labute approximate surface area is 577 Å². The molecule has 0 saturated heterocycles. The van der Waals surface area contributed by atoms with E-state index in [9.17, 15) is 0 Å². The largest absolute Gasteiger partial charge is 0.456 e. The second-order valence-electron chi connectivity index (χ2n) is 27.3. The first-order valence-corrected chi connectivity index (χ1v) is 34.6. The zero-order valence-corrected chi connectivity index (χ0v) is 54.2. The first-order chi connectivity index (χ1) is 49.5. The van der Waals surface area contributed by atoms with Gasteiger partial charge in [-0.05, 0) is 231 Å². The second-order valence-corrected chi connectivity index (χ2v) is 27.3. The van der Waals surface area contributed by atoms with Crippen LogP contribution in [-0.4, -0.2) is 0 Å². The summed E-state index contributed by atoms with van der Waals surface area (Å²) < 4.78 is 13.8. The Morgan fingerprint density at radius 2 is 0.440 bits per heavy atom. The molecule has 0 atom stereocenters. The minimum atomic E-state index is -0.498. The van der Waals surface area contributed by atoms with Gasteiger partial charge < -0.3 is 18.6 Å². The molecule has 0 amide bonds. The Balaban J connectivity index is 0.698. The van der Waals surface area contributed by atoms with Crippen molar-refractivity contribution >= 4 is 88.8 Å². The summed E-state index contributed by atoms with van der Waals surface area (Å²) in [5.41, 5.74) is 34.1. The summed E-state index contributed by atoms with van der Waals surface area (Å²) in [6.45, 7) is 0. The molecule has 0 N–H and O–H groups in total. The van der Waals surface area contributed by atoms with Crippen LogP contribution >= 0.6 is 0 Å². The molecule has 0 saturated carbocycles. The van der Waals surface area contributed by atoms with E-state index >= 15 is 0 Å². The minimum Gasteiger partial charge on any atom is -0.456 e. The standard InChI is InChI=1S/C96H58N2O2/c1-3-19-59(20-4-1)61-35-39-65(40-36-61)97(69-43-47-77-75-27-11-17-33-87(75)95(89(77)57-69)83-29-13-7-23-71(83)72-24-8-14-30-84(72)95)67-45-49-91-81(55-67)79-51-63-52-80-82-56-68(46-50-92(82)100-94(80)54-64(63)53-93(79)99-91)98(66-41-37-62(38-42-66)60-21-5-2-6-22-60)70-44-48-78-76-28-12-18-34-88(76)96(90(78)58-70)85-31-15-9-25-73(85)74-26-10-16-32-86(74)96/h1-58H. The molecule has 4 heteroatoms. The van der Waals surface area contributed by atoms with Crippen LogP contribution in [0.1, 0.15) is 44.5 Å². The van der Waals surface area contributed by atoms with Gasteiger partial charge in [0.25, 0.3) is 0 Å². The van der Waals surface area contributed by atoms with Crippen molar-refractivity contribution < 1.29 is 8.83 Å². The Bertz CT molecular complexity index is 5960. The molecule has 464 valence electrons. The third-order valence-electron chi connectivity index (χ3n) is 22.4. The molecule has 0 bridgehead atoms. The van der Waals surface area contributed by atoms with Gasteiger partial charge in [0.2, 0.25) is 0 Å². The second kappa shape index (κ2) is 20.8. The van der Waals surface area contributed by atoms with E-state index in [4.69, 9.17) is 8.83 Å². The number of hydrogen-bond donors (Lipinski definition) is 0. The van der Waals surface area contributed by atoms with Crippen LogP contribution in [-0.2, 0) is 10.8 Å². The highest BCUT2D eigenvalue weighted by Crippen LogP contribution is 2.65. The molecule has 0 fully saturated rings. The monoisotopic (exact) mass is 1270 g/mol. The highest BCUT2D eigenvalue weighted by atomic mass is 16.3. The van der Waals surface area contributed by atoms with E-state index in [0.717, 1.165) is 99.9 Å². The van der Waals surface area contributed by atoms with Crippen LogP contribution in [0.2, 0.25) is 0 Å². The number of rotatable bonds is 8. The smallest absolute Gasteiger partial charge is 0.136 e. The number of fused-ring (bicyclic) bond motifs is 27. The van der Waals surface area contributed by atoms with Crippen LogP contribution in [0.25, 0.3) is 121 Å². The average molecular weight is 1270 g/mol. The van der Waals surface area contributed by atoms with Crippen LogP contribution < -0.4 is 9.80 Å². The maximum atomic E-state index is 6.88. The number of furan rings is 2. The van der Waals surface area contributed by atoms with Crippen LogP contribution in [0, 0.1) is 0 Å². The quantitative estimate of drug-likeness (QED) is 0.152. The summed E-state index contributed by atoms with van der Waals surface area (Å²) in [4.78, 5) is 4.87. The Morgan fingerprint density at radius 3 is 0.790 bits per heavy atom. The third-order valence-corrected chi connectivity index (χ3v) is 22.4.